The van der Waals surface area contributed by atoms with Gasteiger partial charge < -0.3 is 10.6 Å². The van der Waals surface area contributed by atoms with E-state index in [1.165, 1.54) is 0 Å². The van der Waals surface area contributed by atoms with Gasteiger partial charge in [-0.3, -0.25) is 18.2 Å². The summed E-state index contributed by atoms with van der Waals surface area (Å²) >= 11 is 0. The first-order valence-electron chi connectivity index (χ1n) is 10.4. The van der Waals surface area contributed by atoms with E-state index in [9.17, 15) is 56.7 Å². The summed E-state index contributed by atoms with van der Waals surface area (Å²) in [5.74, 6) is 0. The van der Waals surface area contributed by atoms with Crippen molar-refractivity contribution < 1.29 is 56.7 Å². The second-order valence-corrected chi connectivity index (χ2v) is 13.6. The van der Waals surface area contributed by atoms with Crippen LogP contribution in [0.4, 0.5) is 16.2 Å². The molecule has 4 aromatic carbocycles. The molecule has 0 aliphatic carbocycles. The third-order valence-corrected chi connectivity index (χ3v) is 9.25. The monoisotopic (exact) mass is 632 g/mol. The summed E-state index contributed by atoms with van der Waals surface area (Å²) < 4.78 is 134. The molecule has 2 amide bonds. The van der Waals surface area contributed by atoms with Crippen LogP contribution in [0.3, 0.4) is 0 Å². The van der Waals surface area contributed by atoms with Crippen LogP contribution < -0.4 is 10.6 Å². The molecule has 15 nitrogen and oxygen atoms in total. The van der Waals surface area contributed by atoms with Crippen LogP contribution in [-0.2, 0) is 40.5 Å². The summed E-state index contributed by atoms with van der Waals surface area (Å²) in [5, 5.41) is 2.68. The number of amides is 2. The second-order valence-electron chi connectivity index (χ2n) is 8.07. The number of rotatable bonds is 6. The smallest absolute Gasteiger partial charge is 0.306 e. The van der Waals surface area contributed by atoms with Crippen LogP contribution in [-0.4, -0.2) is 57.9 Å². The van der Waals surface area contributed by atoms with Crippen molar-refractivity contribution in [2.75, 3.05) is 10.6 Å². The molecule has 0 saturated carbocycles. The van der Waals surface area contributed by atoms with Gasteiger partial charge in [0.2, 0.25) is 0 Å². The molecule has 0 fully saturated rings. The van der Waals surface area contributed by atoms with E-state index in [1.54, 1.807) is 0 Å². The van der Waals surface area contributed by atoms with Gasteiger partial charge in [-0.15, -0.1) is 0 Å². The number of hydrogen-bond acceptors (Lipinski definition) is 9. The Bertz CT molecular complexity index is 2020. The first-order chi connectivity index (χ1) is 18.3. The Morgan fingerprint density at radius 2 is 0.825 bits per heavy atom. The van der Waals surface area contributed by atoms with Crippen LogP contribution in [0.5, 0.6) is 0 Å². The number of carbonyl (C=O) groups is 1. The van der Waals surface area contributed by atoms with Crippen LogP contribution in [0.25, 0.3) is 21.5 Å². The SMILES string of the molecule is O=C(Nc1ccc2c(S(=O)(=O)O)cccc2c1S(=O)(=O)O)Nc1ccc2c(S(=O)(=O)O)cccc2c1S(=O)(=O)O. The van der Waals surface area contributed by atoms with E-state index in [0.29, 0.717) is 0 Å². The largest absolute Gasteiger partial charge is 0.323 e. The fraction of sp³-hybridized carbons (Fsp3) is 0. The maximum absolute atomic E-state index is 12.8. The van der Waals surface area contributed by atoms with Crippen LogP contribution in [0, 0.1) is 0 Å². The highest BCUT2D eigenvalue weighted by atomic mass is 32.2. The van der Waals surface area contributed by atoms with Crippen LogP contribution >= 0.6 is 0 Å². The maximum Gasteiger partial charge on any atom is 0.323 e. The lowest BCUT2D eigenvalue weighted by atomic mass is 10.1. The Labute approximate surface area is 226 Å². The van der Waals surface area contributed by atoms with Gasteiger partial charge in [0, 0.05) is 21.5 Å². The number of nitrogens with one attached hydrogen (secondary N) is 2. The van der Waals surface area contributed by atoms with Crippen molar-refractivity contribution in [3.63, 3.8) is 0 Å². The van der Waals surface area contributed by atoms with E-state index in [2.05, 4.69) is 10.6 Å². The average molecular weight is 633 g/mol. The second kappa shape index (κ2) is 9.74. The van der Waals surface area contributed by atoms with Gasteiger partial charge in [0.15, 0.2) is 0 Å². The molecule has 212 valence electrons. The standard InChI is InChI=1S/C21H16N2O13S4/c24-21(22-15-9-7-11-13(19(15)39(31,32)33)3-1-5-17(11)37(25,26)27)23-16-10-8-12-14(20(16)40(34,35)36)4-2-6-18(12)38(28,29)30/h1-10H,(H2,22,23,24)(H,25,26,27)(H,28,29,30)(H,31,32,33)(H,34,35,36). The number of hydrogen-bond donors (Lipinski definition) is 6. The van der Waals surface area contributed by atoms with Gasteiger partial charge in [0.25, 0.3) is 40.5 Å². The van der Waals surface area contributed by atoms with Crippen molar-refractivity contribution in [1.29, 1.82) is 0 Å². The summed E-state index contributed by atoms with van der Waals surface area (Å²) in [6.07, 6.45) is 0. The number of urea groups is 1. The quantitative estimate of drug-likeness (QED) is 0.167. The van der Waals surface area contributed by atoms with Gasteiger partial charge in [-0.25, -0.2) is 4.79 Å². The summed E-state index contributed by atoms with van der Waals surface area (Å²) in [4.78, 5) is 9.51. The molecule has 0 spiro atoms. The fourth-order valence-electron chi connectivity index (χ4n) is 4.08. The zero-order chi connectivity index (χ0) is 29.8. The molecule has 0 heterocycles. The van der Waals surface area contributed by atoms with Crippen molar-refractivity contribution in [1.82, 2.24) is 0 Å². The Balaban J connectivity index is 1.84. The Kier molecular flexibility index (Phi) is 7.14. The van der Waals surface area contributed by atoms with E-state index < -0.39 is 88.2 Å². The molecule has 40 heavy (non-hydrogen) atoms. The summed E-state index contributed by atoms with van der Waals surface area (Å²) in [6.45, 7) is 0. The highest BCUT2D eigenvalue weighted by Crippen LogP contribution is 2.36. The van der Waals surface area contributed by atoms with Gasteiger partial charge in [-0.05, 0) is 24.3 Å². The normalized spacial score (nSPS) is 12.9. The lowest BCUT2D eigenvalue weighted by Crippen LogP contribution is -2.22. The topological polar surface area (TPSA) is 259 Å². The molecule has 0 saturated heterocycles. The third-order valence-electron chi connectivity index (χ3n) is 5.51. The minimum absolute atomic E-state index is 0.318. The molecular formula is C21H16N2O13S4. The van der Waals surface area contributed by atoms with Gasteiger partial charge in [-0.1, -0.05) is 36.4 Å². The minimum atomic E-state index is -5.16. The molecule has 0 unspecified atom stereocenters. The summed E-state index contributed by atoms with van der Waals surface area (Å²) in [7, 11) is -20.0. The van der Waals surface area contributed by atoms with Crippen molar-refractivity contribution in [2.24, 2.45) is 0 Å². The molecule has 0 bridgehead atoms. The lowest BCUT2D eigenvalue weighted by molar-refractivity contribution is 0.262. The first-order valence-corrected chi connectivity index (χ1v) is 16.2. The Morgan fingerprint density at radius 1 is 0.475 bits per heavy atom. The minimum Gasteiger partial charge on any atom is -0.306 e. The van der Waals surface area contributed by atoms with Gasteiger partial charge in [-0.2, -0.15) is 33.7 Å². The number of fused-ring (bicyclic) bond motifs is 2. The van der Waals surface area contributed by atoms with Crippen LogP contribution in [0.15, 0.2) is 80.2 Å². The van der Waals surface area contributed by atoms with Gasteiger partial charge >= 0.3 is 6.03 Å². The van der Waals surface area contributed by atoms with Gasteiger partial charge in [0.1, 0.15) is 19.6 Å². The van der Waals surface area contributed by atoms with Crippen LogP contribution in [0.2, 0.25) is 0 Å². The molecule has 4 rings (SSSR count). The molecule has 0 aromatic heterocycles. The summed E-state index contributed by atoms with van der Waals surface area (Å²) in [5.41, 5.74) is -1.19. The molecule has 19 heteroatoms. The molecule has 6 N–H and O–H groups in total. The van der Waals surface area contributed by atoms with Crippen molar-refractivity contribution >= 4 is 79.4 Å². The molecule has 4 aromatic rings. The van der Waals surface area contributed by atoms with E-state index >= 15 is 0 Å². The molecule has 0 aliphatic rings. The number of anilines is 2. The summed E-state index contributed by atoms with van der Waals surface area (Å²) in [6, 6.07) is 8.76. The van der Waals surface area contributed by atoms with Gasteiger partial charge in [0.05, 0.1) is 11.4 Å². The zero-order valence-electron chi connectivity index (χ0n) is 19.4. The van der Waals surface area contributed by atoms with E-state index in [4.69, 9.17) is 0 Å². The lowest BCUT2D eigenvalue weighted by Gasteiger charge is -2.16. The average Bonchev–Trinajstić information content (AvgIpc) is 2.79. The Hall–Kier alpha value is -3.69. The predicted octanol–water partition coefficient (Wildman–Crippen LogP) is 2.62. The highest BCUT2D eigenvalue weighted by molar-refractivity contribution is 7.87. The highest BCUT2D eigenvalue weighted by Gasteiger charge is 2.27. The molecular weight excluding hydrogens is 617 g/mol. The third kappa shape index (κ3) is 5.62. The predicted molar refractivity (Wildman–Crippen MR) is 140 cm³/mol. The fourth-order valence-corrected chi connectivity index (χ4v) is 7.20. The van der Waals surface area contributed by atoms with E-state index in [-0.39, 0.29) is 10.8 Å². The van der Waals surface area contributed by atoms with Crippen molar-refractivity contribution in [3.05, 3.63) is 60.7 Å². The number of benzene rings is 4. The molecule has 0 aliphatic heterocycles. The van der Waals surface area contributed by atoms with Crippen LogP contribution in [0.1, 0.15) is 0 Å². The molecule has 0 atom stereocenters. The maximum atomic E-state index is 12.8. The molecule has 0 radical (unpaired) electrons. The first kappa shape index (κ1) is 29.3. The van der Waals surface area contributed by atoms with Crippen molar-refractivity contribution in [3.8, 4) is 0 Å². The number of carbonyl (C=O) groups excluding carboxylic acids is 1. The van der Waals surface area contributed by atoms with E-state index in [1.807, 2.05) is 0 Å². The van der Waals surface area contributed by atoms with E-state index in [0.717, 1.165) is 60.7 Å². The Morgan fingerprint density at radius 3 is 1.12 bits per heavy atom. The zero-order valence-corrected chi connectivity index (χ0v) is 22.6. The van der Waals surface area contributed by atoms with Crippen molar-refractivity contribution in [2.45, 2.75) is 19.6 Å².